The van der Waals surface area contributed by atoms with Gasteiger partial charge in [0.25, 0.3) is 0 Å². The first-order chi connectivity index (χ1) is 26.2. The van der Waals surface area contributed by atoms with Gasteiger partial charge >= 0.3 is 19.8 Å². The Balaban J connectivity index is 4.16. The summed E-state index contributed by atoms with van der Waals surface area (Å²) in [7, 11) is -4.81. The number of unbranched alkanes of at least 4 members (excludes halogenated alkanes) is 15. The first-order valence-corrected chi connectivity index (χ1v) is 22.4. The van der Waals surface area contributed by atoms with Crippen LogP contribution in [0.25, 0.3) is 0 Å². The lowest BCUT2D eigenvalue weighted by Gasteiger charge is -2.18. The molecule has 310 valence electrons. The highest BCUT2D eigenvalue weighted by Gasteiger charge is 2.23. The molecule has 0 aliphatic heterocycles. The van der Waals surface area contributed by atoms with Crippen LogP contribution in [0.15, 0.2) is 72.9 Å². The van der Waals surface area contributed by atoms with Crippen LogP contribution >= 0.6 is 7.82 Å². The molecule has 0 amide bonds. The topological polar surface area (TPSA) is 140 Å². The van der Waals surface area contributed by atoms with Crippen molar-refractivity contribution in [2.24, 2.45) is 0 Å². The third-order valence-electron chi connectivity index (χ3n) is 8.61. The molecule has 0 fully saturated rings. The van der Waals surface area contributed by atoms with E-state index in [2.05, 4.69) is 67.0 Å². The van der Waals surface area contributed by atoms with Crippen LogP contribution in [0.2, 0.25) is 0 Å². The zero-order valence-corrected chi connectivity index (χ0v) is 34.6. The molecule has 1 unspecified atom stereocenters. The van der Waals surface area contributed by atoms with Crippen molar-refractivity contribution in [3.63, 3.8) is 0 Å². The molecule has 0 aromatic heterocycles. The monoisotopic (exact) mass is 779 g/mol. The van der Waals surface area contributed by atoms with Crippen molar-refractivity contribution in [3.05, 3.63) is 72.9 Å². The number of aliphatic hydroxyl groups is 1. The highest BCUT2D eigenvalue weighted by Crippen LogP contribution is 2.36. The van der Waals surface area contributed by atoms with Crippen LogP contribution in [0, 0.1) is 0 Å². The summed E-state index contributed by atoms with van der Waals surface area (Å²) in [6.45, 7) is 3.36. The number of phosphoric acid groups is 1. The molecule has 0 bridgehead atoms. The van der Waals surface area contributed by atoms with Crippen LogP contribution in [-0.2, 0) is 28.2 Å². The van der Waals surface area contributed by atoms with Gasteiger partial charge < -0.3 is 24.4 Å². The number of aliphatic hydroxyl groups excluding tert-OH is 1. The van der Waals surface area contributed by atoms with Crippen molar-refractivity contribution in [3.8, 4) is 0 Å². The molecule has 9 nitrogen and oxygen atoms in total. The van der Waals surface area contributed by atoms with Gasteiger partial charge in [0.05, 0.1) is 12.7 Å². The Labute approximate surface area is 328 Å². The fraction of sp³-hybridized carbons (Fsp3) is 0.682. The molecule has 3 N–H and O–H groups in total. The molecular formula is C44H75O9P. The van der Waals surface area contributed by atoms with E-state index in [1.807, 2.05) is 12.2 Å². The second-order valence-electron chi connectivity index (χ2n) is 13.8. The summed E-state index contributed by atoms with van der Waals surface area (Å²) in [4.78, 5) is 42.9. The highest BCUT2D eigenvalue weighted by atomic mass is 31.2. The Hall–Kier alpha value is -2.55. The maximum Gasteiger partial charge on any atom is 0.469 e. The lowest BCUT2D eigenvalue weighted by molar-refractivity contribution is -0.161. The van der Waals surface area contributed by atoms with E-state index in [1.54, 1.807) is 12.2 Å². The van der Waals surface area contributed by atoms with E-state index in [-0.39, 0.29) is 19.3 Å². The fourth-order valence-electron chi connectivity index (χ4n) is 5.48. The predicted molar refractivity (Wildman–Crippen MR) is 222 cm³/mol. The minimum absolute atomic E-state index is 0.0869. The Morgan fingerprint density at radius 3 is 1.52 bits per heavy atom. The second kappa shape index (κ2) is 38.7. The van der Waals surface area contributed by atoms with Crippen molar-refractivity contribution >= 4 is 19.8 Å². The molecular weight excluding hydrogens is 703 g/mol. The zero-order valence-electron chi connectivity index (χ0n) is 33.7. The van der Waals surface area contributed by atoms with Crippen molar-refractivity contribution < 1.29 is 43.0 Å². The number of rotatable bonds is 37. The van der Waals surface area contributed by atoms with Gasteiger partial charge in [0, 0.05) is 12.8 Å². The van der Waals surface area contributed by atoms with E-state index in [9.17, 15) is 19.3 Å². The van der Waals surface area contributed by atoms with Crippen LogP contribution in [0.5, 0.6) is 0 Å². The maximum absolute atomic E-state index is 12.4. The Bertz CT molecular complexity index is 1120. The maximum atomic E-state index is 12.4. The third-order valence-corrected chi connectivity index (χ3v) is 9.09. The standard InChI is InChI=1S/C44H75O9P/c1-3-5-7-9-11-13-15-17-19-21-23-25-27-29-31-33-35-41(45)37-38-43(46)51-39-42(40-52-54(48,49)50)53-44(47)36-34-32-30-28-26-24-22-20-18-16-14-12-10-8-6-4-2/h5,7,11,13,17,19,23,25,29,31,33,35,41-42,45H,3-4,6,8-10,12,14-16,18,20-22,24,26-28,30,32,34,36-40H2,1-2H3,(H2,48,49,50)/b7-5-,13-11-,19-17-,25-23-,31-29-,35-33-/t41?,42-/m1/s1. The van der Waals surface area contributed by atoms with Gasteiger partial charge in [-0.25, -0.2) is 4.57 Å². The molecule has 10 heteroatoms. The summed E-state index contributed by atoms with van der Waals surface area (Å²) in [5.41, 5.74) is 0. The number of carbonyl (C=O) groups is 2. The minimum Gasteiger partial charge on any atom is -0.462 e. The molecule has 54 heavy (non-hydrogen) atoms. The molecule has 2 atom stereocenters. The summed E-state index contributed by atoms with van der Waals surface area (Å²) in [6.07, 6.45) is 46.7. The molecule has 0 aromatic rings. The molecule has 0 spiro atoms. The van der Waals surface area contributed by atoms with Gasteiger partial charge in [0.15, 0.2) is 6.10 Å². The fourth-order valence-corrected chi connectivity index (χ4v) is 5.84. The van der Waals surface area contributed by atoms with E-state index in [0.29, 0.717) is 6.42 Å². The van der Waals surface area contributed by atoms with Crippen molar-refractivity contribution in [2.45, 2.75) is 180 Å². The number of hydrogen-bond donors (Lipinski definition) is 3. The lowest BCUT2D eigenvalue weighted by atomic mass is 10.0. The van der Waals surface area contributed by atoms with Crippen molar-refractivity contribution in [1.29, 1.82) is 0 Å². The van der Waals surface area contributed by atoms with Gasteiger partial charge in [0.2, 0.25) is 0 Å². The van der Waals surface area contributed by atoms with Gasteiger partial charge in [-0.3, -0.25) is 14.1 Å². The van der Waals surface area contributed by atoms with Gasteiger partial charge in [-0.15, -0.1) is 0 Å². The average molecular weight is 779 g/mol. The van der Waals surface area contributed by atoms with E-state index in [1.165, 1.54) is 77.0 Å². The van der Waals surface area contributed by atoms with Crippen LogP contribution in [0.3, 0.4) is 0 Å². The third kappa shape index (κ3) is 40.6. The summed E-state index contributed by atoms with van der Waals surface area (Å²) in [5, 5.41) is 10.2. The Morgan fingerprint density at radius 2 is 1.04 bits per heavy atom. The summed E-state index contributed by atoms with van der Waals surface area (Å²) >= 11 is 0. The summed E-state index contributed by atoms with van der Waals surface area (Å²) in [6, 6.07) is 0. The average Bonchev–Trinajstić information content (AvgIpc) is 3.14. The van der Waals surface area contributed by atoms with Crippen LogP contribution in [0.4, 0.5) is 0 Å². The highest BCUT2D eigenvalue weighted by molar-refractivity contribution is 7.46. The first kappa shape index (κ1) is 51.5. The largest absolute Gasteiger partial charge is 0.469 e. The normalized spacial score (nSPS) is 13.8. The second-order valence-corrected chi connectivity index (χ2v) is 15.0. The van der Waals surface area contributed by atoms with Gasteiger partial charge in [-0.1, -0.05) is 183 Å². The van der Waals surface area contributed by atoms with Gasteiger partial charge in [-0.05, 0) is 44.9 Å². The number of esters is 2. The molecule has 0 saturated heterocycles. The first-order valence-electron chi connectivity index (χ1n) is 20.8. The summed E-state index contributed by atoms with van der Waals surface area (Å²) < 4.78 is 26.2. The quantitative estimate of drug-likeness (QED) is 0.0185. The van der Waals surface area contributed by atoms with E-state index < -0.39 is 45.2 Å². The number of allylic oxidation sites excluding steroid dienone is 11. The molecule has 0 radical (unpaired) electrons. The van der Waals surface area contributed by atoms with Crippen molar-refractivity contribution in [2.75, 3.05) is 13.2 Å². The number of phosphoric ester groups is 1. The van der Waals surface area contributed by atoms with Crippen LogP contribution in [0.1, 0.15) is 168 Å². The van der Waals surface area contributed by atoms with E-state index in [0.717, 1.165) is 51.4 Å². The lowest BCUT2D eigenvalue weighted by Crippen LogP contribution is -2.29. The smallest absolute Gasteiger partial charge is 0.462 e. The predicted octanol–water partition coefficient (Wildman–Crippen LogP) is 11.7. The number of ether oxygens (including phenoxy) is 2. The van der Waals surface area contributed by atoms with Gasteiger partial charge in [0.1, 0.15) is 6.61 Å². The molecule has 0 heterocycles. The SMILES string of the molecule is CC/C=C\C/C=C\C/C=C\C/C=C\C/C=C\C=C/C(O)CCC(=O)OC[C@H](COP(=O)(O)O)OC(=O)CCCCCCCCCCCCCCCCCC. The van der Waals surface area contributed by atoms with E-state index >= 15 is 0 Å². The molecule has 0 aromatic carbocycles. The van der Waals surface area contributed by atoms with E-state index in [4.69, 9.17) is 19.3 Å². The van der Waals surface area contributed by atoms with Crippen LogP contribution in [-0.4, -0.2) is 52.3 Å². The van der Waals surface area contributed by atoms with Gasteiger partial charge in [-0.2, -0.15) is 0 Å². The molecule has 0 aliphatic carbocycles. The molecule has 0 rings (SSSR count). The zero-order chi connectivity index (χ0) is 39.8. The molecule has 0 saturated carbocycles. The van der Waals surface area contributed by atoms with Crippen molar-refractivity contribution in [1.82, 2.24) is 0 Å². The molecule has 0 aliphatic rings. The Kier molecular flexibility index (Phi) is 36.9. The summed E-state index contributed by atoms with van der Waals surface area (Å²) in [5.74, 6) is -1.17. The van der Waals surface area contributed by atoms with Crippen LogP contribution < -0.4 is 0 Å². The number of carbonyl (C=O) groups excluding carboxylic acids is 2. The minimum atomic E-state index is -4.81. The number of hydrogen-bond acceptors (Lipinski definition) is 7. The Morgan fingerprint density at radius 1 is 0.574 bits per heavy atom.